The molecule has 1 N–H and O–H groups in total. The van der Waals surface area contributed by atoms with Gasteiger partial charge in [0.1, 0.15) is 11.6 Å². The molecule has 1 aliphatic carbocycles. The van der Waals surface area contributed by atoms with Crippen LogP contribution in [0.5, 0.6) is 0 Å². The normalized spacial score (nSPS) is 15.7. The number of hydrogen-bond acceptors (Lipinski definition) is 4. The molecule has 1 fully saturated rings. The summed E-state index contributed by atoms with van der Waals surface area (Å²) in [6.45, 7) is 3.51. The van der Waals surface area contributed by atoms with Crippen LogP contribution in [-0.4, -0.2) is 28.3 Å². The van der Waals surface area contributed by atoms with E-state index in [2.05, 4.69) is 10.4 Å². The van der Waals surface area contributed by atoms with Gasteiger partial charge in [0.15, 0.2) is 6.61 Å². The summed E-state index contributed by atoms with van der Waals surface area (Å²) in [5.41, 5.74) is -0.259. The summed E-state index contributed by atoms with van der Waals surface area (Å²) in [6, 6.07) is 7.85. The highest BCUT2D eigenvalue weighted by Gasteiger charge is 2.44. The Bertz CT molecular complexity index is 825. The molecular formula is C20H24FN3O3. The molecule has 2 aromatic rings. The Balaban J connectivity index is 1.66. The SMILES string of the molecule is CC(C)n1nccc1NC(=O)COC(=O)C1(c2cccc(F)c2)CCCC1. The lowest BCUT2D eigenvalue weighted by atomic mass is 9.79. The number of amides is 1. The van der Waals surface area contributed by atoms with Crippen molar-refractivity contribution < 1.29 is 18.7 Å². The number of anilines is 1. The maximum atomic E-state index is 13.7. The minimum absolute atomic E-state index is 0.0904. The fraction of sp³-hybridized carbons (Fsp3) is 0.450. The van der Waals surface area contributed by atoms with E-state index in [4.69, 9.17) is 4.74 Å². The molecule has 0 saturated heterocycles. The van der Waals surface area contributed by atoms with Crippen molar-refractivity contribution in [2.24, 2.45) is 0 Å². The highest BCUT2D eigenvalue weighted by molar-refractivity contribution is 5.93. The van der Waals surface area contributed by atoms with Crippen LogP contribution < -0.4 is 5.32 Å². The van der Waals surface area contributed by atoms with Gasteiger partial charge in [-0.3, -0.25) is 9.59 Å². The largest absolute Gasteiger partial charge is 0.455 e. The van der Waals surface area contributed by atoms with E-state index in [9.17, 15) is 14.0 Å². The van der Waals surface area contributed by atoms with E-state index in [1.165, 1.54) is 12.1 Å². The number of ether oxygens (including phenoxy) is 1. The number of esters is 1. The zero-order chi connectivity index (χ0) is 19.4. The quantitative estimate of drug-likeness (QED) is 0.785. The number of benzene rings is 1. The first-order chi connectivity index (χ1) is 12.9. The van der Waals surface area contributed by atoms with Crippen LogP contribution in [0.2, 0.25) is 0 Å². The van der Waals surface area contributed by atoms with Crippen LogP contribution in [0.1, 0.15) is 51.1 Å². The van der Waals surface area contributed by atoms with E-state index >= 15 is 0 Å². The maximum absolute atomic E-state index is 13.7. The molecule has 7 heteroatoms. The Morgan fingerprint density at radius 1 is 1.30 bits per heavy atom. The third-order valence-electron chi connectivity index (χ3n) is 4.99. The van der Waals surface area contributed by atoms with Gasteiger partial charge >= 0.3 is 5.97 Å². The van der Waals surface area contributed by atoms with Gasteiger partial charge in [-0.1, -0.05) is 25.0 Å². The van der Waals surface area contributed by atoms with Crippen molar-refractivity contribution in [3.63, 3.8) is 0 Å². The van der Waals surface area contributed by atoms with Gasteiger partial charge in [-0.05, 0) is 44.4 Å². The standard InChI is InChI=1S/C20H24FN3O3/c1-14(2)24-17(8-11-22-24)23-18(25)13-27-19(26)20(9-3-4-10-20)15-6-5-7-16(21)12-15/h5-8,11-12,14H,3-4,9-10,13H2,1-2H3,(H,23,25). The highest BCUT2D eigenvalue weighted by atomic mass is 19.1. The minimum atomic E-state index is -0.873. The van der Waals surface area contributed by atoms with E-state index in [0.717, 1.165) is 12.8 Å². The lowest BCUT2D eigenvalue weighted by molar-refractivity contribution is -0.153. The van der Waals surface area contributed by atoms with Crippen molar-refractivity contribution in [2.45, 2.75) is 51.0 Å². The molecule has 0 aliphatic heterocycles. The number of halogens is 1. The molecule has 1 aromatic heterocycles. The lowest BCUT2D eigenvalue weighted by Crippen LogP contribution is -2.36. The summed E-state index contributed by atoms with van der Waals surface area (Å²) >= 11 is 0. The Morgan fingerprint density at radius 3 is 2.70 bits per heavy atom. The van der Waals surface area contributed by atoms with E-state index < -0.39 is 17.3 Å². The summed E-state index contributed by atoms with van der Waals surface area (Å²) in [6.07, 6.45) is 4.52. The highest BCUT2D eigenvalue weighted by Crippen LogP contribution is 2.42. The molecule has 1 saturated carbocycles. The zero-order valence-corrected chi connectivity index (χ0v) is 15.6. The number of rotatable bonds is 6. The average molecular weight is 373 g/mol. The second-order valence-electron chi connectivity index (χ2n) is 7.18. The molecule has 0 unspecified atom stereocenters. The first-order valence-electron chi connectivity index (χ1n) is 9.19. The predicted octanol–water partition coefficient (Wildman–Crippen LogP) is 3.60. The maximum Gasteiger partial charge on any atom is 0.317 e. The number of nitrogens with zero attached hydrogens (tertiary/aromatic N) is 2. The zero-order valence-electron chi connectivity index (χ0n) is 15.6. The van der Waals surface area contributed by atoms with Gasteiger partial charge in [0.2, 0.25) is 0 Å². The van der Waals surface area contributed by atoms with Gasteiger partial charge in [-0.2, -0.15) is 5.10 Å². The molecule has 3 rings (SSSR count). The Labute approximate surface area is 157 Å². The van der Waals surface area contributed by atoms with E-state index in [0.29, 0.717) is 24.2 Å². The van der Waals surface area contributed by atoms with Crippen molar-refractivity contribution in [2.75, 3.05) is 11.9 Å². The second kappa shape index (κ2) is 7.90. The Hall–Kier alpha value is -2.70. The Morgan fingerprint density at radius 2 is 2.04 bits per heavy atom. The van der Waals surface area contributed by atoms with E-state index in [1.54, 1.807) is 29.1 Å². The van der Waals surface area contributed by atoms with Crippen LogP contribution >= 0.6 is 0 Å². The molecule has 0 spiro atoms. The number of hydrogen-bond donors (Lipinski definition) is 1. The van der Waals surface area contributed by atoms with E-state index in [-0.39, 0.29) is 18.5 Å². The Kier molecular flexibility index (Phi) is 5.58. The summed E-state index contributed by atoms with van der Waals surface area (Å²) in [5.74, 6) is -0.741. The predicted molar refractivity (Wildman–Crippen MR) is 98.7 cm³/mol. The fourth-order valence-corrected chi connectivity index (χ4v) is 3.65. The smallest absolute Gasteiger partial charge is 0.317 e. The van der Waals surface area contributed by atoms with Crippen LogP contribution in [-0.2, 0) is 19.7 Å². The molecular weight excluding hydrogens is 349 g/mol. The van der Waals surface area contributed by atoms with Gasteiger partial charge in [0, 0.05) is 12.1 Å². The number of carbonyl (C=O) groups excluding carboxylic acids is 2. The number of carbonyl (C=O) groups is 2. The molecule has 1 amide bonds. The monoisotopic (exact) mass is 373 g/mol. The van der Waals surface area contributed by atoms with Crippen LogP contribution in [0.15, 0.2) is 36.5 Å². The molecule has 1 aliphatic rings. The summed E-state index contributed by atoms with van der Waals surface area (Å²) in [5, 5.41) is 6.85. The van der Waals surface area contributed by atoms with Crippen LogP contribution in [0.25, 0.3) is 0 Å². The lowest BCUT2D eigenvalue weighted by Gasteiger charge is -2.27. The third-order valence-corrected chi connectivity index (χ3v) is 4.99. The van der Waals surface area contributed by atoms with Gasteiger partial charge in [0.25, 0.3) is 5.91 Å². The summed E-state index contributed by atoms with van der Waals surface area (Å²) < 4.78 is 20.7. The van der Waals surface area contributed by atoms with Crippen LogP contribution in [0.3, 0.4) is 0 Å². The summed E-state index contributed by atoms with van der Waals surface area (Å²) in [4.78, 5) is 25.0. The number of nitrogens with one attached hydrogen (secondary N) is 1. The van der Waals surface area contributed by atoms with Gasteiger partial charge in [-0.15, -0.1) is 0 Å². The first kappa shape index (κ1) is 19.1. The minimum Gasteiger partial charge on any atom is -0.455 e. The molecule has 27 heavy (non-hydrogen) atoms. The van der Waals surface area contributed by atoms with Gasteiger partial charge < -0.3 is 10.1 Å². The van der Waals surface area contributed by atoms with Crippen molar-refractivity contribution in [1.82, 2.24) is 9.78 Å². The first-order valence-corrected chi connectivity index (χ1v) is 9.19. The second-order valence-corrected chi connectivity index (χ2v) is 7.18. The van der Waals surface area contributed by atoms with E-state index in [1.807, 2.05) is 13.8 Å². The van der Waals surface area contributed by atoms with Gasteiger partial charge in [0.05, 0.1) is 11.6 Å². The fourth-order valence-electron chi connectivity index (χ4n) is 3.65. The topological polar surface area (TPSA) is 73.2 Å². The van der Waals surface area contributed by atoms with Crippen LogP contribution in [0.4, 0.5) is 10.2 Å². The van der Waals surface area contributed by atoms with Crippen molar-refractivity contribution >= 4 is 17.7 Å². The molecule has 6 nitrogen and oxygen atoms in total. The van der Waals surface area contributed by atoms with Crippen molar-refractivity contribution in [1.29, 1.82) is 0 Å². The molecule has 1 heterocycles. The van der Waals surface area contributed by atoms with Crippen molar-refractivity contribution in [3.05, 3.63) is 47.9 Å². The molecule has 144 valence electrons. The summed E-state index contributed by atoms with van der Waals surface area (Å²) in [7, 11) is 0. The van der Waals surface area contributed by atoms with Crippen LogP contribution in [0, 0.1) is 5.82 Å². The molecule has 1 aromatic carbocycles. The molecule has 0 atom stereocenters. The molecule has 0 radical (unpaired) electrons. The average Bonchev–Trinajstić information content (AvgIpc) is 3.30. The van der Waals surface area contributed by atoms with Crippen molar-refractivity contribution in [3.8, 4) is 0 Å². The molecule has 0 bridgehead atoms. The number of aromatic nitrogens is 2. The van der Waals surface area contributed by atoms with Gasteiger partial charge in [-0.25, -0.2) is 9.07 Å². The third kappa shape index (κ3) is 4.02.